The van der Waals surface area contributed by atoms with E-state index in [1.54, 1.807) is 24.3 Å². The number of furan rings is 1. The second kappa shape index (κ2) is 9.38. The second-order valence-corrected chi connectivity index (χ2v) is 7.85. The topological polar surface area (TPSA) is 170 Å². The molecule has 0 radical (unpaired) electrons. The van der Waals surface area contributed by atoms with Gasteiger partial charge in [-0.25, -0.2) is 4.79 Å². The molecule has 2 heterocycles. The van der Waals surface area contributed by atoms with E-state index in [0.717, 1.165) is 5.56 Å². The lowest BCUT2D eigenvalue weighted by Crippen LogP contribution is -2.59. The number of phenols is 2. The number of esters is 1. The molecule has 1 aliphatic rings. The number of carbonyl (C=O) groups excluding carboxylic acids is 1. The number of aromatic hydroxyl groups is 2. The number of aliphatic hydroxyl groups excluding tert-OH is 4. The molecule has 5 atom stereocenters. The van der Waals surface area contributed by atoms with Gasteiger partial charge in [-0.2, -0.15) is 0 Å². The van der Waals surface area contributed by atoms with E-state index in [2.05, 4.69) is 0 Å². The van der Waals surface area contributed by atoms with Crippen molar-refractivity contribution in [3.05, 3.63) is 59.4 Å². The van der Waals surface area contributed by atoms with Crippen LogP contribution >= 0.6 is 0 Å². The van der Waals surface area contributed by atoms with Crippen LogP contribution in [-0.4, -0.2) is 73.9 Å². The molecule has 10 heteroatoms. The molecule has 5 unspecified atom stereocenters. The summed E-state index contributed by atoms with van der Waals surface area (Å²) < 4.78 is 15.8. The van der Waals surface area contributed by atoms with Crippen LogP contribution in [0.3, 0.4) is 0 Å². The first kappa shape index (κ1) is 23.0. The molecule has 3 aromatic rings. The number of carbonyl (C=O) groups is 1. The molecule has 1 saturated heterocycles. The summed E-state index contributed by atoms with van der Waals surface area (Å²) in [7, 11) is 0. The molecule has 0 saturated carbocycles. The van der Waals surface area contributed by atoms with Crippen LogP contribution in [0.4, 0.5) is 0 Å². The third-order valence-corrected chi connectivity index (χ3v) is 5.66. The Balaban J connectivity index is 1.53. The molecule has 0 aliphatic carbocycles. The van der Waals surface area contributed by atoms with Gasteiger partial charge in [-0.15, -0.1) is 0 Å². The minimum absolute atomic E-state index is 0.0240. The van der Waals surface area contributed by atoms with E-state index in [1.165, 1.54) is 18.2 Å². The molecular weight excluding hydrogens is 436 g/mol. The Morgan fingerprint density at radius 2 is 1.67 bits per heavy atom. The fourth-order valence-corrected chi connectivity index (χ4v) is 3.78. The van der Waals surface area contributed by atoms with Crippen molar-refractivity contribution >= 4 is 16.9 Å². The molecule has 33 heavy (non-hydrogen) atoms. The number of hydrogen-bond acceptors (Lipinski definition) is 10. The maximum absolute atomic E-state index is 12.6. The Hall–Kier alpha value is -3.15. The lowest BCUT2D eigenvalue weighted by Gasteiger charge is -2.38. The zero-order valence-electron chi connectivity index (χ0n) is 17.4. The molecule has 10 nitrogen and oxygen atoms in total. The third-order valence-electron chi connectivity index (χ3n) is 5.66. The number of rotatable bonds is 6. The lowest BCUT2D eigenvalue weighted by molar-refractivity contribution is -0.285. The van der Waals surface area contributed by atoms with E-state index in [4.69, 9.17) is 13.9 Å². The van der Waals surface area contributed by atoms with Gasteiger partial charge in [-0.3, -0.25) is 0 Å². The molecule has 0 spiro atoms. The normalized spacial score (nSPS) is 25.3. The summed E-state index contributed by atoms with van der Waals surface area (Å²) in [5.41, 5.74) is 1.82. The average Bonchev–Trinajstić information content (AvgIpc) is 3.24. The van der Waals surface area contributed by atoms with E-state index in [-0.39, 0.29) is 17.3 Å². The van der Waals surface area contributed by atoms with Gasteiger partial charge in [0.25, 0.3) is 0 Å². The predicted molar refractivity (Wildman–Crippen MR) is 113 cm³/mol. The first-order valence-corrected chi connectivity index (χ1v) is 10.3. The number of fused-ring (bicyclic) bond motifs is 1. The molecule has 176 valence electrons. The van der Waals surface area contributed by atoms with E-state index in [9.17, 15) is 35.4 Å². The molecule has 1 aliphatic heterocycles. The van der Waals surface area contributed by atoms with Gasteiger partial charge in [-0.1, -0.05) is 12.1 Å². The highest BCUT2D eigenvalue weighted by molar-refractivity contribution is 5.94. The summed E-state index contributed by atoms with van der Waals surface area (Å²) >= 11 is 0. The Morgan fingerprint density at radius 1 is 0.939 bits per heavy atom. The van der Waals surface area contributed by atoms with Crippen molar-refractivity contribution in [2.75, 3.05) is 6.61 Å². The minimum Gasteiger partial charge on any atom is -0.508 e. The van der Waals surface area contributed by atoms with Crippen molar-refractivity contribution < 1.29 is 49.3 Å². The van der Waals surface area contributed by atoms with Crippen LogP contribution in [0.1, 0.15) is 21.7 Å². The van der Waals surface area contributed by atoms with Gasteiger partial charge in [0.2, 0.25) is 12.1 Å². The van der Waals surface area contributed by atoms with Crippen LogP contribution < -0.4 is 0 Å². The molecule has 0 amide bonds. The zero-order valence-corrected chi connectivity index (χ0v) is 17.4. The first-order valence-electron chi connectivity index (χ1n) is 10.3. The molecule has 1 fully saturated rings. The molecule has 0 bridgehead atoms. The fraction of sp³-hybridized carbons (Fsp3) is 0.348. The molecule has 6 N–H and O–H groups in total. The van der Waals surface area contributed by atoms with Crippen LogP contribution in [0.25, 0.3) is 11.0 Å². The van der Waals surface area contributed by atoms with Gasteiger partial charge in [0.1, 0.15) is 41.5 Å². The quantitative estimate of drug-likeness (QED) is 0.286. The summed E-state index contributed by atoms with van der Waals surface area (Å²) in [6.07, 6.45) is -6.87. The fourth-order valence-electron chi connectivity index (χ4n) is 3.78. The van der Waals surface area contributed by atoms with Crippen molar-refractivity contribution in [1.82, 2.24) is 0 Å². The summed E-state index contributed by atoms with van der Waals surface area (Å²) in [4.78, 5) is 12.6. The highest BCUT2D eigenvalue weighted by Gasteiger charge is 2.45. The number of phenolic OH excluding ortho intramolecular Hbond substituents is 2. The van der Waals surface area contributed by atoms with Crippen LogP contribution in [0, 0.1) is 0 Å². The smallest absolute Gasteiger partial charge is 0.376 e. The van der Waals surface area contributed by atoms with Crippen molar-refractivity contribution in [1.29, 1.82) is 0 Å². The summed E-state index contributed by atoms with van der Waals surface area (Å²) in [6.45, 7) is -0.659. The predicted octanol–water partition coefficient (Wildman–Crippen LogP) is 0.586. The first-order chi connectivity index (χ1) is 15.8. The van der Waals surface area contributed by atoms with E-state index in [1.807, 2.05) is 0 Å². The minimum atomic E-state index is -1.74. The highest BCUT2D eigenvalue weighted by Crippen LogP contribution is 2.32. The zero-order chi connectivity index (χ0) is 23.7. The summed E-state index contributed by atoms with van der Waals surface area (Å²) in [6, 6.07) is 11.0. The van der Waals surface area contributed by atoms with Crippen molar-refractivity contribution in [3.8, 4) is 11.5 Å². The average molecular weight is 460 g/mol. The number of benzene rings is 2. The van der Waals surface area contributed by atoms with E-state index in [0.29, 0.717) is 29.4 Å². The van der Waals surface area contributed by atoms with Gasteiger partial charge in [-0.05, 0) is 48.7 Å². The summed E-state index contributed by atoms with van der Waals surface area (Å²) in [5, 5.41) is 59.3. The molecule has 2 aromatic carbocycles. The van der Waals surface area contributed by atoms with Crippen molar-refractivity contribution in [2.45, 2.75) is 43.5 Å². The largest absolute Gasteiger partial charge is 0.508 e. The SMILES string of the molecule is O=C(OC1OC(CO)C(O)C(O)C1O)c1cc2c(CCc3ccc(O)cc3)c(O)ccc2o1. The monoisotopic (exact) mass is 460 g/mol. The highest BCUT2D eigenvalue weighted by atomic mass is 16.7. The Bertz CT molecular complexity index is 1120. The van der Waals surface area contributed by atoms with Crippen molar-refractivity contribution in [3.63, 3.8) is 0 Å². The van der Waals surface area contributed by atoms with E-state index < -0.39 is 43.3 Å². The third kappa shape index (κ3) is 4.65. The second-order valence-electron chi connectivity index (χ2n) is 7.85. The van der Waals surface area contributed by atoms with Gasteiger partial charge in [0.05, 0.1) is 6.61 Å². The molecular formula is C23H24O10. The van der Waals surface area contributed by atoms with Gasteiger partial charge >= 0.3 is 5.97 Å². The number of hydrogen-bond donors (Lipinski definition) is 6. The standard InChI is InChI=1S/C23H24O10/c24-10-18-19(27)20(28)21(29)23(32-18)33-22(30)17-9-14-13(15(26)7-8-16(14)31-17)6-3-11-1-4-12(25)5-2-11/h1-2,4-5,7-9,18-21,23-29H,3,6,10H2. The lowest BCUT2D eigenvalue weighted by atomic mass is 9.99. The van der Waals surface area contributed by atoms with Gasteiger partial charge < -0.3 is 44.5 Å². The Labute approximate surface area is 187 Å². The number of aryl methyl sites for hydroxylation is 2. The van der Waals surface area contributed by atoms with Gasteiger partial charge in [0, 0.05) is 10.9 Å². The molecule has 4 rings (SSSR count). The van der Waals surface area contributed by atoms with Crippen LogP contribution in [0.5, 0.6) is 11.5 Å². The van der Waals surface area contributed by atoms with Gasteiger partial charge in [0.15, 0.2) is 0 Å². The maximum Gasteiger partial charge on any atom is 0.376 e. The van der Waals surface area contributed by atoms with Crippen LogP contribution in [-0.2, 0) is 22.3 Å². The van der Waals surface area contributed by atoms with Crippen molar-refractivity contribution in [2.24, 2.45) is 0 Å². The summed E-state index contributed by atoms with van der Waals surface area (Å²) in [5.74, 6) is -1.05. The number of aliphatic hydroxyl groups is 4. The van der Waals surface area contributed by atoms with E-state index >= 15 is 0 Å². The van der Waals surface area contributed by atoms with Crippen LogP contribution in [0.2, 0.25) is 0 Å². The Kier molecular flexibility index (Phi) is 6.54. The maximum atomic E-state index is 12.6. The van der Waals surface area contributed by atoms with Crippen LogP contribution in [0.15, 0.2) is 46.9 Å². The number of ether oxygens (including phenoxy) is 2. The Morgan fingerprint density at radius 3 is 2.36 bits per heavy atom. The molecule has 1 aromatic heterocycles.